The van der Waals surface area contributed by atoms with E-state index in [-0.39, 0.29) is 16.5 Å². The van der Waals surface area contributed by atoms with Gasteiger partial charge in [0.1, 0.15) is 4.64 Å². The lowest BCUT2D eigenvalue weighted by atomic mass is 10.0. The largest absolute Gasteiger partial charge is 0.369 e. The first kappa shape index (κ1) is 17.5. The SMILES string of the molecule is CNC(=O)/C(C)=C/c1c(-c2cc(Cl)cc(Cl)c2)[nH]c(N)nc1=S. The molecule has 1 heterocycles. The van der Waals surface area contributed by atoms with Crippen molar-refractivity contribution in [2.75, 3.05) is 12.8 Å². The molecule has 0 fully saturated rings. The third-order valence-corrected chi connectivity index (χ3v) is 3.82. The molecule has 0 atom stereocenters. The van der Waals surface area contributed by atoms with E-state index in [1.807, 2.05) is 0 Å². The molecule has 0 bridgehead atoms. The fourth-order valence-corrected chi connectivity index (χ4v) is 2.82. The van der Waals surface area contributed by atoms with Crippen molar-refractivity contribution in [1.29, 1.82) is 0 Å². The van der Waals surface area contributed by atoms with Gasteiger partial charge in [0.2, 0.25) is 5.91 Å². The van der Waals surface area contributed by atoms with Crippen molar-refractivity contribution < 1.29 is 4.79 Å². The number of nitrogen functional groups attached to an aromatic ring is 1. The highest BCUT2D eigenvalue weighted by Crippen LogP contribution is 2.30. The van der Waals surface area contributed by atoms with Crippen LogP contribution in [0.3, 0.4) is 0 Å². The first-order chi connectivity index (χ1) is 10.8. The van der Waals surface area contributed by atoms with Gasteiger partial charge in [0.25, 0.3) is 0 Å². The molecule has 5 nitrogen and oxygen atoms in total. The second-order valence-electron chi connectivity index (χ2n) is 4.78. The van der Waals surface area contributed by atoms with Crippen LogP contribution >= 0.6 is 35.4 Å². The Kier molecular flexibility index (Phi) is 5.41. The summed E-state index contributed by atoms with van der Waals surface area (Å²) in [6.07, 6.45) is 1.65. The van der Waals surface area contributed by atoms with Crippen molar-refractivity contribution in [1.82, 2.24) is 15.3 Å². The van der Waals surface area contributed by atoms with Crippen LogP contribution in [0.15, 0.2) is 23.8 Å². The van der Waals surface area contributed by atoms with Crippen molar-refractivity contribution in [3.8, 4) is 11.3 Å². The Bertz CT molecular complexity index is 841. The summed E-state index contributed by atoms with van der Waals surface area (Å²) in [6.45, 7) is 1.68. The first-order valence-electron chi connectivity index (χ1n) is 6.58. The van der Waals surface area contributed by atoms with Crippen LogP contribution in [0, 0.1) is 4.64 Å². The van der Waals surface area contributed by atoms with Gasteiger partial charge in [-0.25, -0.2) is 4.98 Å². The molecule has 1 amide bonds. The minimum atomic E-state index is -0.216. The lowest BCUT2D eigenvalue weighted by Crippen LogP contribution is -2.18. The Balaban J connectivity index is 2.73. The maximum atomic E-state index is 11.7. The quantitative estimate of drug-likeness (QED) is 0.567. The predicted octanol–water partition coefficient (Wildman–Crippen LogP) is 3.84. The fourth-order valence-electron chi connectivity index (χ4n) is 2.04. The topological polar surface area (TPSA) is 83.8 Å². The van der Waals surface area contributed by atoms with Gasteiger partial charge in [-0.3, -0.25) is 4.79 Å². The number of amides is 1. The van der Waals surface area contributed by atoms with Crippen LogP contribution in [0.25, 0.3) is 17.3 Å². The molecule has 4 N–H and O–H groups in total. The van der Waals surface area contributed by atoms with E-state index in [1.165, 1.54) is 0 Å². The molecule has 0 saturated heterocycles. The van der Waals surface area contributed by atoms with Gasteiger partial charge in [-0.05, 0) is 31.2 Å². The van der Waals surface area contributed by atoms with Gasteiger partial charge in [0.05, 0.1) is 5.69 Å². The van der Waals surface area contributed by atoms with E-state index in [0.29, 0.717) is 32.4 Å². The number of rotatable bonds is 3. The van der Waals surface area contributed by atoms with Crippen LogP contribution in [0.2, 0.25) is 10.0 Å². The number of aromatic nitrogens is 2. The number of carbonyl (C=O) groups is 1. The molecule has 0 aliphatic carbocycles. The molecule has 2 aromatic rings. The zero-order chi connectivity index (χ0) is 17.1. The van der Waals surface area contributed by atoms with E-state index in [2.05, 4.69) is 15.3 Å². The summed E-state index contributed by atoms with van der Waals surface area (Å²) in [5.74, 6) is -0.0536. The van der Waals surface area contributed by atoms with Crippen molar-refractivity contribution >= 4 is 53.4 Å². The van der Waals surface area contributed by atoms with Gasteiger partial charge < -0.3 is 16.0 Å². The molecule has 2 rings (SSSR count). The third-order valence-electron chi connectivity index (χ3n) is 3.07. The van der Waals surface area contributed by atoms with E-state index in [1.54, 1.807) is 38.2 Å². The van der Waals surface area contributed by atoms with Crippen molar-refractivity contribution in [2.24, 2.45) is 0 Å². The molecule has 0 spiro atoms. The van der Waals surface area contributed by atoms with Gasteiger partial charge in [0.15, 0.2) is 5.95 Å². The van der Waals surface area contributed by atoms with Gasteiger partial charge in [0, 0.05) is 33.8 Å². The molecule has 8 heteroatoms. The van der Waals surface area contributed by atoms with Crippen LogP contribution in [-0.2, 0) is 4.79 Å². The number of nitrogens with one attached hydrogen (secondary N) is 2. The number of hydrogen-bond acceptors (Lipinski definition) is 4. The average molecular weight is 369 g/mol. The van der Waals surface area contributed by atoms with Gasteiger partial charge in [-0.2, -0.15) is 0 Å². The molecule has 0 aliphatic rings. The highest BCUT2D eigenvalue weighted by molar-refractivity contribution is 7.71. The minimum absolute atomic E-state index is 0.163. The van der Waals surface area contributed by atoms with Crippen LogP contribution in [0.4, 0.5) is 5.95 Å². The highest BCUT2D eigenvalue weighted by Gasteiger charge is 2.12. The second kappa shape index (κ2) is 7.12. The number of aromatic amines is 1. The molecular formula is C15H14Cl2N4OS. The van der Waals surface area contributed by atoms with Gasteiger partial charge in [-0.15, -0.1) is 0 Å². The minimum Gasteiger partial charge on any atom is -0.369 e. The monoisotopic (exact) mass is 368 g/mol. The number of nitrogens with zero attached hydrogens (tertiary/aromatic N) is 1. The lowest BCUT2D eigenvalue weighted by molar-refractivity contribution is -0.116. The second-order valence-corrected chi connectivity index (χ2v) is 6.04. The van der Waals surface area contributed by atoms with Crippen LogP contribution in [0.1, 0.15) is 12.5 Å². The van der Waals surface area contributed by atoms with Crippen molar-refractivity contribution in [2.45, 2.75) is 6.92 Å². The van der Waals surface area contributed by atoms with Gasteiger partial charge in [-0.1, -0.05) is 35.4 Å². The fraction of sp³-hybridized carbons (Fsp3) is 0.133. The van der Waals surface area contributed by atoms with E-state index >= 15 is 0 Å². The number of H-pyrrole nitrogens is 1. The Labute approximate surface area is 148 Å². The standard InChI is InChI=1S/C15H14Cl2N4OS/c1-7(13(22)19-2)3-11-12(20-15(18)21-14(11)23)8-4-9(16)6-10(17)5-8/h3-6H,1-2H3,(H,19,22)(H3,18,20,21,23)/b7-3+. The Morgan fingerprint density at radius 3 is 2.52 bits per heavy atom. The molecule has 0 radical (unpaired) electrons. The van der Waals surface area contributed by atoms with Crippen molar-refractivity contribution in [3.05, 3.63) is 44.0 Å². The number of hydrogen-bond donors (Lipinski definition) is 3. The molecule has 0 saturated carbocycles. The zero-order valence-corrected chi connectivity index (χ0v) is 14.7. The van der Waals surface area contributed by atoms with Crippen LogP contribution in [0.5, 0.6) is 0 Å². The average Bonchev–Trinajstić information content (AvgIpc) is 2.47. The molecule has 120 valence electrons. The molecule has 0 unspecified atom stereocenters. The summed E-state index contributed by atoms with van der Waals surface area (Å²) in [5, 5.41) is 3.50. The van der Waals surface area contributed by atoms with E-state index in [0.717, 1.165) is 0 Å². The molecule has 23 heavy (non-hydrogen) atoms. The van der Waals surface area contributed by atoms with Crippen LogP contribution in [-0.4, -0.2) is 22.9 Å². The molecule has 0 aliphatic heterocycles. The summed E-state index contributed by atoms with van der Waals surface area (Å²) in [6, 6.07) is 5.07. The smallest absolute Gasteiger partial charge is 0.246 e. The Morgan fingerprint density at radius 2 is 1.96 bits per heavy atom. The third kappa shape index (κ3) is 4.10. The zero-order valence-electron chi connectivity index (χ0n) is 12.4. The molecule has 1 aromatic heterocycles. The summed E-state index contributed by atoms with van der Waals surface area (Å²) >= 11 is 17.4. The number of nitrogens with two attached hydrogens (primary N) is 1. The Morgan fingerprint density at radius 1 is 1.35 bits per heavy atom. The summed E-state index contributed by atoms with van der Waals surface area (Å²) in [7, 11) is 1.55. The lowest BCUT2D eigenvalue weighted by Gasteiger charge is -2.10. The van der Waals surface area contributed by atoms with E-state index in [4.69, 9.17) is 41.2 Å². The number of carbonyl (C=O) groups excluding carboxylic acids is 1. The number of halogens is 2. The molecule has 1 aromatic carbocycles. The number of likely N-dealkylation sites (N-methyl/N-ethyl adjacent to an activating group) is 1. The number of anilines is 1. The van der Waals surface area contributed by atoms with Crippen molar-refractivity contribution in [3.63, 3.8) is 0 Å². The van der Waals surface area contributed by atoms with Gasteiger partial charge >= 0.3 is 0 Å². The normalized spacial score (nSPS) is 11.4. The maximum Gasteiger partial charge on any atom is 0.246 e. The molecular weight excluding hydrogens is 355 g/mol. The van der Waals surface area contributed by atoms with E-state index in [9.17, 15) is 4.79 Å². The summed E-state index contributed by atoms with van der Waals surface area (Å²) < 4.78 is 0.274. The maximum absolute atomic E-state index is 11.7. The number of benzene rings is 1. The van der Waals surface area contributed by atoms with Crippen LogP contribution < -0.4 is 11.1 Å². The Hall–Kier alpha value is -1.89. The predicted molar refractivity (Wildman–Crippen MR) is 97.0 cm³/mol. The van der Waals surface area contributed by atoms with E-state index < -0.39 is 0 Å². The highest BCUT2D eigenvalue weighted by atomic mass is 35.5. The summed E-state index contributed by atoms with van der Waals surface area (Å²) in [5.41, 5.74) is 8.09. The summed E-state index contributed by atoms with van der Waals surface area (Å²) in [4.78, 5) is 18.7. The first-order valence-corrected chi connectivity index (χ1v) is 7.75.